The van der Waals surface area contributed by atoms with Gasteiger partial charge >= 0.3 is 12.1 Å². The maximum Gasteiger partial charge on any atom is 0.416 e. The molecule has 1 heterocycles. The third-order valence-electron chi connectivity index (χ3n) is 3.68. The summed E-state index contributed by atoms with van der Waals surface area (Å²) in [4.78, 5) is 19.9. The van der Waals surface area contributed by atoms with Gasteiger partial charge in [0, 0.05) is 17.6 Å². The minimum absolute atomic E-state index is 0.249. The Morgan fingerprint density at radius 1 is 1.00 bits per heavy atom. The molecule has 0 aliphatic heterocycles. The van der Waals surface area contributed by atoms with Crippen molar-refractivity contribution in [1.29, 1.82) is 0 Å². The van der Waals surface area contributed by atoms with E-state index in [4.69, 9.17) is 0 Å². The zero-order chi connectivity index (χ0) is 20.1. The molecule has 0 amide bonds. The highest BCUT2D eigenvalue weighted by atomic mass is 19.4. The first-order valence-electron chi connectivity index (χ1n) is 8.08. The minimum Gasteiger partial charge on any atom is -0.465 e. The normalized spacial score (nSPS) is 11.0. The first-order valence-corrected chi connectivity index (χ1v) is 8.08. The largest absolute Gasteiger partial charge is 0.465 e. The van der Waals surface area contributed by atoms with Crippen molar-refractivity contribution in [2.24, 2.45) is 0 Å². The number of methoxy groups -OCH3 is 1. The van der Waals surface area contributed by atoms with Crippen molar-refractivity contribution in [3.8, 4) is 0 Å². The number of rotatable bonds is 5. The van der Waals surface area contributed by atoms with Gasteiger partial charge in [-0.2, -0.15) is 18.2 Å². The van der Waals surface area contributed by atoms with Crippen molar-refractivity contribution in [3.63, 3.8) is 0 Å². The van der Waals surface area contributed by atoms with Crippen LogP contribution < -0.4 is 10.6 Å². The van der Waals surface area contributed by atoms with E-state index in [1.807, 2.05) is 0 Å². The number of alkyl halides is 3. The summed E-state index contributed by atoms with van der Waals surface area (Å²) in [5.41, 5.74) is 0.667. The predicted octanol–water partition coefficient (Wildman–Crippen LogP) is 4.77. The van der Waals surface area contributed by atoms with Gasteiger partial charge in [0.05, 0.1) is 18.2 Å². The summed E-state index contributed by atoms with van der Waals surface area (Å²) in [6, 6.07) is 12.8. The molecule has 2 aromatic carbocycles. The van der Waals surface area contributed by atoms with Gasteiger partial charge in [0.2, 0.25) is 5.95 Å². The van der Waals surface area contributed by atoms with Crippen LogP contribution in [0.1, 0.15) is 15.9 Å². The number of anilines is 4. The molecule has 0 saturated heterocycles. The van der Waals surface area contributed by atoms with Gasteiger partial charge in [0.15, 0.2) is 0 Å². The Morgan fingerprint density at radius 2 is 1.75 bits per heavy atom. The van der Waals surface area contributed by atoms with Gasteiger partial charge in [-0.1, -0.05) is 6.07 Å². The Balaban J connectivity index is 1.73. The van der Waals surface area contributed by atoms with E-state index in [9.17, 15) is 18.0 Å². The second kappa shape index (κ2) is 7.95. The molecule has 0 aliphatic rings. The number of aromatic nitrogens is 2. The second-order valence-electron chi connectivity index (χ2n) is 5.66. The fourth-order valence-corrected chi connectivity index (χ4v) is 2.35. The molecule has 6 nitrogen and oxygen atoms in total. The lowest BCUT2D eigenvalue weighted by Crippen LogP contribution is -2.05. The monoisotopic (exact) mass is 388 g/mol. The van der Waals surface area contributed by atoms with Crippen LogP contribution in [0.5, 0.6) is 0 Å². The van der Waals surface area contributed by atoms with Crippen LogP contribution in [0.3, 0.4) is 0 Å². The number of hydrogen-bond donors (Lipinski definition) is 2. The number of benzene rings is 2. The summed E-state index contributed by atoms with van der Waals surface area (Å²) in [6.07, 6.45) is -2.89. The summed E-state index contributed by atoms with van der Waals surface area (Å²) in [6.45, 7) is 0. The molecule has 3 aromatic rings. The molecule has 2 N–H and O–H groups in total. The Morgan fingerprint density at radius 3 is 2.43 bits per heavy atom. The van der Waals surface area contributed by atoms with Gasteiger partial charge in [0.1, 0.15) is 5.82 Å². The van der Waals surface area contributed by atoms with Crippen LogP contribution in [0.2, 0.25) is 0 Å². The quantitative estimate of drug-likeness (QED) is 0.614. The van der Waals surface area contributed by atoms with Gasteiger partial charge in [-0.05, 0) is 48.5 Å². The highest BCUT2D eigenvalue weighted by Crippen LogP contribution is 2.30. The number of nitrogens with one attached hydrogen (secondary N) is 2. The SMILES string of the molecule is COC(=O)c1cccc(Nc2nccc(Nc3ccc(C(F)(F)F)cc3)n2)c1. The fourth-order valence-electron chi connectivity index (χ4n) is 2.35. The lowest BCUT2D eigenvalue weighted by molar-refractivity contribution is -0.137. The predicted molar refractivity (Wildman–Crippen MR) is 97.8 cm³/mol. The van der Waals surface area contributed by atoms with Gasteiger partial charge in [-0.3, -0.25) is 0 Å². The first kappa shape index (κ1) is 19.2. The van der Waals surface area contributed by atoms with E-state index in [1.54, 1.807) is 30.3 Å². The van der Waals surface area contributed by atoms with Crippen LogP contribution in [0.15, 0.2) is 60.8 Å². The van der Waals surface area contributed by atoms with Gasteiger partial charge in [-0.15, -0.1) is 0 Å². The van der Waals surface area contributed by atoms with E-state index >= 15 is 0 Å². The van der Waals surface area contributed by atoms with Crippen molar-refractivity contribution < 1.29 is 22.7 Å². The van der Waals surface area contributed by atoms with Crippen LogP contribution in [0, 0.1) is 0 Å². The highest BCUT2D eigenvalue weighted by Gasteiger charge is 2.29. The average Bonchev–Trinajstić information content (AvgIpc) is 2.67. The second-order valence-corrected chi connectivity index (χ2v) is 5.66. The van der Waals surface area contributed by atoms with Crippen molar-refractivity contribution in [2.75, 3.05) is 17.7 Å². The number of nitrogens with zero attached hydrogens (tertiary/aromatic N) is 2. The Labute approximate surface area is 158 Å². The molecule has 0 fully saturated rings. The summed E-state index contributed by atoms with van der Waals surface area (Å²) in [7, 11) is 1.29. The lowest BCUT2D eigenvalue weighted by Gasteiger charge is -2.10. The zero-order valence-electron chi connectivity index (χ0n) is 14.6. The summed E-state index contributed by atoms with van der Waals surface area (Å²) >= 11 is 0. The van der Waals surface area contributed by atoms with Crippen LogP contribution in [-0.4, -0.2) is 23.0 Å². The fraction of sp³-hybridized carbons (Fsp3) is 0.105. The molecule has 9 heteroatoms. The molecule has 28 heavy (non-hydrogen) atoms. The molecule has 1 aromatic heterocycles. The molecule has 0 bridgehead atoms. The molecule has 0 radical (unpaired) electrons. The van der Waals surface area contributed by atoms with Crippen LogP contribution in [-0.2, 0) is 10.9 Å². The smallest absolute Gasteiger partial charge is 0.416 e. The van der Waals surface area contributed by atoms with Crippen molar-refractivity contribution in [2.45, 2.75) is 6.18 Å². The molecule has 3 rings (SSSR count). The minimum atomic E-state index is -4.39. The zero-order valence-corrected chi connectivity index (χ0v) is 14.6. The van der Waals surface area contributed by atoms with E-state index in [2.05, 4.69) is 25.3 Å². The van der Waals surface area contributed by atoms with E-state index < -0.39 is 17.7 Å². The van der Waals surface area contributed by atoms with Gasteiger partial charge in [-0.25, -0.2) is 9.78 Å². The third kappa shape index (κ3) is 4.76. The molecule has 0 atom stereocenters. The number of carbonyl (C=O) groups is 1. The molecule has 0 spiro atoms. The molecule has 0 aliphatic carbocycles. The van der Waals surface area contributed by atoms with Crippen LogP contribution in [0.4, 0.5) is 36.3 Å². The maximum atomic E-state index is 12.6. The summed E-state index contributed by atoms with van der Waals surface area (Å²) in [5.74, 6) is 0.169. The number of carbonyl (C=O) groups excluding carboxylic acids is 1. The van der Waals surface area contributed by atoms with E-state index in [-0.39, 0.29) is 5.95 Å². The van der Waals surface area contributed by atoms with Gasteiger partial charge in [0.25, 0.3) is 0 Å². The maximum absolute atomic E-state index is 12.6. The van der Waals surface area contributed by atoms with E-state index in [0.29, 0.717) is 22.8 Å². The van der Waals surface area contributed by atoms with Crippen LogP contribution >= 0.6 is 0 Å². The lowest BCUT2D eigenvalue weighted by atomic mass is 10.2. The molecule has 0 saturated carbocycles. The van der Waals surface area contributed by atoms with Gasteiger partial charge < -0.3 is 15.4 Å². The number of esters is 1. The Kier molecular flexibility index (Phi) is 5.44. The first-order chi connectivity index (χ1) is 13.3. The van der Waals surface area contributed by atoms with Crippen LogP contribution in [0.25, 0.3) is 0 Å². The topological polar surface area (TPSA) is 76.1 Å². The van der Waals surface area contributed by atoms with E-state index in [0.717, 1.165) is 12.1 Å². The van der Waals surface area contributed by atoms with Crippen molar-refractivity contribution >= 4 is 29.1 Å². The average molecular weight is 388 g/mol. The third-order valence-corrected chi connectivity index (χ3v) is 3.68. The molecule has 0 unspecified atom stereocenters. The highest BCUT2D eigenvalue weighted by molar-refractivity contribution is 5.90. The van der Waals surface area contributed by atoms with Crippen molar-refractivity contribution in [3.05, 3.63) is 71.9 Å². The van der Waals surface area contributed by atoms with Crippen molar-refractivity contribution in [1.82, 2.24) is 9.97 Å². The Hall–Kier alpha value is -3.62. The van der Waals surface area contributed by atoms with E-state index in [1.165, 1.54) is 25.4 Å². The standard InChI is InChI=1S/C19H15F3N4O2/c1-28-17(27)12-3-2-4-15(11-12)25-18-23-10-9-16(26-18)24-14-7-5-13(6-8-14)19(20,21)22/h2-11H,1H3,(H2,23,24,25,26). The molecule has 144 valence electrons. The Bertz CT molecular complexity index is 975. The number of halogens is 3. The summed E-state index contributed by atoms with van der Waals surface area (Å²) < 4.78 is 42.6. The molecular formula is C19H15F3N4O2. The number of ether oxygens (including phenoxy) is 1. The molecular weight excluding hydrogens is 373 g/mol. The summed E-state index contributed by atoms with van der Waals surface area (Å²) in [5, 5.41) is 5.87. The number of hydrogen-bond acceptors (Lipinski definition) is 6.